The van der Waals surface area contributed by atoms with Crippen molar-refractivity contribution >= 4 is 11.8 Å². The normalized spacial score (nSPS) is 21.2. The smallest absolute Gasteiger partial charge is 0.223 e. The van der Waals surface area contributed by atoms with Crippen LogP contribution in [0.15, 0.2) is 24.3 Å². The van der Waals surface area contributed by atoms with E-state index in [-0.39, 0.29) is 17.9 Å². The fourth-order valence-corrected chi connectivity index (χ4v) is 3.16. The van der Waals surface area contributed by atoms with Crippen molar-refractivity contribution in [3.63, 3.8) is 0 Å². The maximum absolute atomic E-state index is 12.6. The molecule has 0 N–H and O–H groups in total. The summed E-state index contributed by atoms with van der Waals surface area (Å²) >= 11 is 0. The van der Waals surface area contributed by atoms with Crippen LogP contribution < -0.4 is 4.74 Å². The van der Waals surface area contributed by atoms with Gasteiger partial charge in [-0.05, 0) is 36.5 Å². The number of rotatable bonds is 4. The number of amides is 2. The largest absolute Gasteiger partial charge is 0.497 e. The molecule has 2 aliphatic rings. The molecule has 0 bridgehead atoms. The molecule has 0 radical (unpaired) electrons. The van der Waals surface area contributed by atoms with E-state index in [1.54, 1.807) is 14.0 Å². The van der Waals surface area contributed by atoms with Gasteiger partial charge in [-0.3, -0.25) is 9.59 Å². The average Bonchev–Trinajstić information content (AvgIpc) is 3.38. The Bertz CT molecular complexity index is 580. The van der Waals surface area contributed by atoms with Crippen molar-refractivity contribution in [1.29, 1.82) is 0 Å². The van der Waals surface area contributed by atoms with Gasteiger partial charge in [0.2, 0.25) is 11.8 Å². The number of carbonyl (C=O) groups excluding carboxylic acids is 2. The van der Waals surface area contributed by atoms with Crippen LogP contribution in [0.25, 0.3) is 0 Å². The molecule has 23 heavy (non-hydrogen) atoms. The Balaban J connectivity index is 1.80. The van der Waals surface area contributed by atoms with Crippen molar-refractivity contribution in [2.24, 2.45) is 5.92 Å². The predicted molar refractivity (Wildman–Crippen MR) is 87.0 cm³/mol. The first-order chi connectivity index (χ1) is 11.1. The van der Waals surface area contributed by atoms with Crippen LogP contribution in [0.5, 0.6) is 5.75 Å². The fourth-order valence-electron chi connectivity index (χ4n) is 3.16. The molecule has 5 nitrogen and oxygen atoms in total. The van der Waals surface area contributed by atoms with Crippen molar-refractivity contribution < 1.29 is 14.3 Å². The van der Waals surface area contributed by atoms with E-state index in [0.29, 0.717) is 32.0 Å². The minimum absolute atomic E-state index is 0.0650. The second-order valence-electron chi connectivity index (χ2n) is 6.49. The summed E-state index contributed by atoms with van der Waals surface area (Å²) < 4.78 is 5.21. The van der Waals surface area contributed by atoms with E-state index in [9.17, 15) is 9.59 Å². The maximum atomic E-state index is 12.6. The van der Waals surface area contributed by atoms with Gasteiger partial charge in [0.05, 0.1) is 13.2 Å². The third-order valence-electron chi connectivity index (χ3n) is 4.81. The van der Waals surface area contributed by atoms with Gasteiger partial charge in [0.1, 0.15) is 5.75 Å². The molecule has 0 unspecified atom stereocenters. The van der Waals surface area contributed by atoms with E-state index in [4.69, 9.17) is 4.74 Å². The lowest BCUT2D eigenvalue weighted by Crippen LogP contribution is -2.51. The molecule has 1 aliphatic heterocycles. The maximum Gasteiger partial charge on any atom is 0.223 e. The van der Waals surface area contributed by atoms with Crippen LogP contribution in [0.3, 0.4) is 0 Å². The molecule has 1 aromatic carbocycles. The fraction of sp³-hybridized carbons (Fsp3) is 0.556. The zero-order valence-electron chi connectivity index (χ0n) is 13.8. The first kappa shape index (κ1) is 15.8. The topological polar surface area (TPSA) is 49.9 Å². The highest BCUT2D eigenvalue weighted by Gasteiger charge is 2.35. The van der Waals surface area contributed by atoms with Gasteiger partial charge in [0.25, 0.3) is 0 Å². The van der Waals surface area contributed by atoms with Crippen LogP contribution in [0.4, 0.5) is 0 Å². The molecular weight excluding hydrogens is 292 g/mol. The quantitative estimate of drug-likeness (QED) is 0.856. The Morgan fingerprint density at radius 2 is 1.87 bits per heavy atom. The van der Waals surface area contributed by atoms with E-state index in [2.05, 4.69) is 0 Å². The SMILES string of the molecule is COc1ccc([C@H]2CN(C(C)=O)CCN2C(=O)CC2CC2)cc1. The lowest BCUT2D eigenvalue weighted by atomic mass is 10.0. The Labute approximate surface area is 137 Å². The average molecular weight is 316 g/mol. The van der Waals surface area contributed by atoms with Crippen molar-refractivity contribution in [2.45, 2.75) is 32.2 Å². The monoisotopic (exact) mass is 316 g/mol. The van der Waals surface area contributed by atoms with Crippen molar-refractivity contribution in [3.8, 4) is 5.75 Å². The van der Waals surface area contributed by atoms with Crippen molar-refractivity contribution in [2.75, 3.05) is 26.7 Å². The summed E-state index contributed by atoms with van der Waals surface area (Å²) in [6, 6.07) is 7.73. The minimum Gasteiger partial charge on any atom is -0.497 e. The molecule has 0 spiro atoms. The summed E-state index contributed by atoms with van der Waals surface area (Å²) in [5.41, 5.74) is 1.06. The molecular formula is C18H24N2O3. The molecule has 0 aromatic heterocycles. The molecule has 1 aromatic rings. The Hall–Kier alpha value is -2.04. The van der Waals surface area contributed by atoms with Gasteiger partial charge in [-0.1, -0.05) is 12.1 Å². The molecule has 2 fully saturated rings. The highest BCUT2D eigenvalue weighted by Crippen LogP contribution is 2.35. The number of piperazine rings is 1. The molecule has 1 saturated heterocycles. The molecule has 1 heterocycles. The molecule has 1 saturated carbocycles. The molecule has 3 rings (SSSR count). The van der Waals surface area contributed by atoms with Crippen LogP contribution in [0.1, 0.15) is 37.8 Å². The standard InChI is InChI=1S/C18H24N2O3/c1-13(21)19-9-10-20(18(22)11-14-3-4-14)17(12-19)15-5-7-16(23-2)8-6-15/h5-8,14,17H,3-4,9-12H2,1-2H3/t17-/m1/s1. The van der Waals surface area contributed by atoms with Gasteiger partial charge < -0.3 is 14.5 Å². The van der Waals surface area contributed by atoms with E-state index in [1.165, 1.54) is 12.8 Å². The molecule has 124 valence electrons. The molecule has 5 heteroatoms. The van der Waals surface area contributed by atoms with E-state index in [0.717, 1.165) is 11.3 Å². The minimum atomic E-state index is -0.0650. The molecule has 1 atom stereocenters. The van der Waals surface area contributed by atoms with E-state index >= 15 is 0 Å². The van der Waals surface area contributed by atoms with Crippen LogP contribution in [0, 0.1) is 5.92 Å². The van der Waals surface area contributed by atoms with Crippen molar-refractivity contribution in [3.05, 3.63) is 29.8 Å². The Morgan fingerprint density at radius 1 is 1.17 bits per heavy atom. The van der Waals surface area contributed by atoms with E-state index < -0.39 is 0 Å². The molecule has 2 amide bonds. The third kappa shape index (κ3) is 3.66. The van der Waals surface area contributed by atoms with Crippen LogP contribution in [0.2, 0.25) is 0 Å². The zero-order chi connectivity index (χ0) is 16.4. The lowest BCUT2D eigenvalue weighted by molar-refractivity contribution is -0.142. The Morgan fingerprint density at radius 3 is 2.43 bits per heavy atom. The second kappa shape index (κ2) is 6.60. The van der Waals surface area contributed by atoms with Gasteiger partial charge >= 0.3 is 0 Å². The van der Waals surface area contributed by atoms with Gasteiger partial charge in [0, 0.05) is 33.0 Å². The number of hydrogen-bond donors (Lipinski definition) is 0. The summed E-state index contributed by atoms with van der Waals surface area (Å²) in [6.45, 7) is 3.39. The highest BCUT2D eigenvalue weighted by atomic mass is 16.5. The number of benzene rings is 1. The number of hydrogen-bond acceptors (Lipinski definition) is 3. The number of carbonyl (C=O) groups is 2. The molecule has 1 aliphatic carbocycles. The third-order valence-corrected chi connectivity index (χ3v) is 4.81. The summed E-state index contributed by atoms with van der Waals surface area (Å²) in [4.78, 5) is 28.2. The van der Waals surface area contributed by atoms with Gasteiger partial charge in [-0.2, -0.15) is 0 Å². The zero-order valence-corrected chi connectivity index (χ0v) is 13.8. The summed E-state index contributed by atoms with van der Waals surface area (Å²) in [5.74, 6) is 1.66. The van der Waals surface area contributed by atoms with Crippen LogP contribution >= 0.6 is 0 Å². The number of nitrogens with zero attached hydrogens (tertiary/aromatic N) is 2. The summed E-state index contributed by atoms with van der Waals surface area (Å²) in [7, 11) is 1.64. The van der Waals surface area contributed by atoms with Crippen LogP contribution in [-0.2, 0) is 9.59 Å². The lowest BCUT2D eigenvalue weighted by Gasteiger charge is -2.41. The predicted octanol–water partition coefficient (Wildman–Crippen LogP) is 2.23. The number of methoxy groups -OCH3 is 1. The van der Waals surface area contributed by atoms with Crippen molar-refractivity contribution in [1.82, 2.24) is 9.80 Å². The first-order valence-electron chi connectivity index (χ1n) is 8.27. The van der Waals surface area contributed by atoms with Gasteiger partial charge in [-0.25, -0.2) is 0 Å². The van der Waals surface area contributed by atoms with Gasteiger partial charge in [0.15, 0.2) is 0 Å². The van der Waals surface area contributed by atoms with E-state index in [1.807, 2.05) is 34.1 Å². The first-order valence-corrected chi connectivity index (χ1v) is 8.27. The summed E-state index contributed by atoms with van der Waals surface area (Å²) in [5, 5.41) is 0. The number of ether oxygens (including phenoxy) is 1. The highest BCUT2D eigenvalue weighted by molar-refractivity contribution is 5.78. The van der Waals surface area contributed by atoms with Crippen LogP contribution in [-0.4, -0.2) is 48.4 Å². The summed E-state index contributed by atoms with van der Waals surface area (Å²) in [6.07, 6.45) is 2.99. The van der Waals surface area contributed by atoms with Gasteiger partial charge in [-0.15, -0.1) is 0 Å². The Kier molecular flexibility index (Phi) is 4.55. The second-order valence-corrected chi connectivity index (χ2v) is 6.49.